The molecular formula is C14H12ClN3O. The van der Waals surface area contributed by atoms with E-state index in [1.165, 1.54) is 0 Å². The lowest BCUT2D eigenvalue weighted by Crippen LogP contribution is -1.98. The number of rotatable bonds is 3. The van der Waals surface area contributed by atoms with Crippen molar-refractivity contribution in [2.24, 2.45) is 0 Å². The molecule has 0 bridgehead atoms. The fourth-order valence-corrected chi connectivity index (χ4v) is 1.85. The highest BCUT2D eigenvalue weighted by molar-refractivity contribution is 6.34. The lowest BCUT2D eigenvalue weighted by molar-refractivity contribution is 0.414. The fourth-order valence-electron chi connectivity index (χ4n) is 1.65. The number of anilines is 2. The molecule has 0 saturated heterocycles. The average Bonchev–Trinajstić information content (AvgIpc) is 2.43. The van der Waals surface area contributed by atoms with Crippen LogP contribution in [0.15, 0.2) is 30.5 Å². The Morgan fingerprint density at radius 1 is 1.37 bits per heavy atom. The summed E-state index contributed by atoms with van der Waals surface area (Å²) in [6, 6.07) is 9.23. The molecule has 0 saturated carbocycles. The number of methoxy groups -OCH3 is 1. The van der Waals surface area contributed by atoms with Crippen molar-refractivity contribution in [3.8, 4) is 11.8 Å². The van der Waals surface area contributed by atoms with E-state index >= 15 is 0 Å². The van der Waals surface area contributed by atoms with Gasteiger partial charge in [0, 0.05) is 11.9 Å². The summed E-state index contributed by atoms with van der Waals surface area (Å²) in [4.78, 5) is 4.14. The van der Waals surface area contributed by atoms with Crippen molar-refractivity contribution in [3.05, 3.63) is 46.6 Å². The molecule has 0 fully saturated rings. The molecule has 5 heteroatoms. The first-order valence-corrected chi connectivity index (χ1v) is 5.99. The van der Waals surface area contributed by atoms with Gasteiger partial charge in [-0.05, 0) is 36.8 Å². The molecule has 1 aromatic heterocycles. The van der Waals surface area contributed by atoms with Gasteiger partial charge in [-0.15, -0.1) is 0 Å². The van der Waals surface area contributed by atoms with Gasteiger partial charge < -0.3 is 10.1 Å². The summed E-state index contributed by atoms with van der Waals surface area (Å²) in [5.74, 6) is 1.25. The summed E-state index contributed by atoms with van der Waals surface area (Å²) in [5.41, 5.74) is 2.26. The fraction of sp³-hybridized carbons (Fsp3) is 0.143. The first kappa shape index (κ1) is 13.2. The third kappa shape index (κ3) is 2.78. The minimum absolute atomic E-state index is 0.320. The lowest BCUT2D eigenvalue weighted by Gasteiger charge is -2.11. The van der Waals surface area contributed by atoms with E-state index in [1.807, 2.05) is 31.2 Å². The predicted octanol–water partition coefficient (Wildman–Crippen LogP) is 3.67. The molecule has 96 valence electrons. The number of aromatic nitrogens is 1. The highest BCUT2D eigenvalue weighted by Crippen LogP contribution is 2.29. The monoisotopic (exact) mass is 273 g/mol. The second-order valence-corrected chi connectivity index (χ2v) is 4.32. The molecular weight excluding hydrogens is 262 g/mol. The quantitative estimate of drug-likeness (QED) is 0.927. The van der Waals surface area contributed by atoms with Crippen LogP contribution in [0, 0.1) is 18.3 Å². The van der Waals surface area contributed by atoms with Crippen molar-refractivity contribution in [2.45, 2.75) is 6.92 Å². The molecule has 1 N–H and O–H groups in total. The second-order valence-electron chi connectivity index (χ2n) is 3.94. The lowest BCUT2D eigenvalue weighted by atomic mass is 10.2. The van der Waals surface area contributed by atoms with E-state index in [4.69, 9.17) is 21.6 Å². The van der Waals surface area contributed by atoms with Gasteiger partial charge in [-0.1, -0.05) is 11.6 Å². The topological polar surface area (TPSA) is 57.9 Å². The Morgan fingerprint density at radius 2 is 2.16 bits per heavy atom. The summed E-state index contributed by atoms with van der Waals surface area (Å²) in [6.07, 6.45) is 1.55. The molecule has 2 rings (SSSR count). The number of ether oxygens (including phenoxy) is 1. The Bertz CT molecular complexity index is 650. The van der Waals surface area contributed by atoms with Crippen LogP contribution in [0.2, 0.25) is 5.02 Å². The van der Waals surface area contributed by atoms with Gasteiger partial charge in [-0.25, -0.2) is 4.98 Å². The highest BCUT2D eigenvalue weighted by atomic mass is 35.5. The van der Waals surface area contributed by atoms with Crippen molar-refractivity contribution >= 4 is 23.1 Å². The zero-order valence-corrected chi connectivity index (χ0v) is 11.3. The van der Waals surface area contributed by atoms with Crippen LogP contribution in [-0.4, -0.2) is 12.1 Å². The predicted molar refractivity (Wildman–Crippen MR) is 75.0 cm³/mol. The Kier molecular flexibility index (Phi) is 3.88. The second kappa shape index (κ2) is 5.59. The van der Waals surface area contributed by atoms with E-state index in [0.29, 0.717) is 16.4 Å². The number of nitriles is 1. The van der Waals surface area contributed by atoms with Gasteiger partial charge in [0.15, 0.2) is 5.82 Å². The van der Waals surface area contributed by atoms with Crippen molar-refractivity contribution in [1.29, 1.82) is 5.26 Å². The van der Waals surface area contributed by atoms with E-state index in [1.54, 1.807) is 19.4 Å². The molecule has 0 radical (unpaired) electrons. The standard InChI is InChI=1S/C14H12ClN3O/c1-9-7-11(19-2)3-4-12(9)18-14-13(15)10(8-16)5-6-17-14/h3-7H,1-2H3,(H,17,18). The molecule has 0 atom stereocenters. The summed E-state index contributed by atoms with van der Waals surface area (Å²) in [5, 5.41) is 12.4. The summed E-state index contributed by atoms with van der Waals surface area (Å²) < 4.78 is 5.15. The Balaban J connectivity index is 2.34. The van der Waals surface area contributed by atoms with Crippen LogP contribution in [0.4, 0.5) is 11.5 Å². The molecule has 0 aliphatic rings. The number of benzene rings is 1. The van der Waals surface area contributed by atoms with Crippen LogP contribution in [0.5, 0.6) is 5.75 Å². The van der Waals surface area contributed by atoms with Gasteiger partial charge in [0.1, 0.15) is 16.8 Å². The zero-order valence-electron chi connectivity index (χ0n) is 10.6. The number of hydrogen-bond acceptors (Lipinski definition) is 4. The van der Waals surface area contributed by atoms with Gasteiger partial charge >= 0.3 is 0 Å². The average molecular weight is 274 g/mol. The van der Waals surface area contributed by atoms with Gasteiger partial charge in [0.25, 0.3) is 0 Å². The number of halogens is 1. The maximum absolute atomic E-state index is 8.93. The van der Waals surface area contributed by atoms with E-state index in [0.717, 1.165) is 17.0 Å². The Hall–Kier alpha value is -2.25. The number of nitrogens with one attached hydrogen (secondary N) is 1. The molecule has 19 heavy (non-hydrogen) atoms. The summed E-state index contributed by atoms with van der Waals surface area (Å²) >= 11 is 6.10. The molecule has 0 spiro atoms. The molecule has 0 unspecified atom stereocenters. The van der Waals surface area contributed by atoms with E-state index in [9.17, 15) is 0 Å². The molecule has 1 aromatic carbocycles. The minimum Gasteiger partial charge on any atom is -0.497 e. The highest BCUT2D eigenvalue weighted by Gasteiger charge is 2.08. The van der Waals surface area contributed by atoms with Crippen molar-refractivity contribution in [3.63, 3.8) is 0 Å². The zero-order chi connectivity index (χ0) is 13.8. The van der Waals surface area contributed by atoms with Crippen molar-refractivity contribution in [1.82, 2.24) is 4.98 Å². The first-order valence-electron chi connectivity index (χ1n) is 5.62. The van der Waals surface area contributed by atoms with Crippen LogP contribution in [-0.2, 0) is 0 Å². The van der Waals surface area contributed by atoms with Gasteiger partial charge in [-0.3, -0.25) is 0 Å². The first-order chi connectivity index (χ1) is 9.15. The smallest absolute Gasteiger partial charge is 0.150 e. The van der Waals surface area contributed by atoms with Crippen molar-refractivity contribution in [2.75, 3.05) is 12.4 Å². The van der Waals surface area contributed by atoms with Crippen LogP contribution < -0.4 is 10.1 Å². The summed E-state index contributed by atoms with van der Waals surface area (Å²) in [7, 11) is 1.62. The molecule has 4 nitrogen and oxygen atoms in total. The number of hydrogen-bond donors (Lipinski definition) is 1. The van der Waals surface area contributed by atoms with Gasteiger partial charge in [0.05, 0.1) is 12.7 Å². The molecule has 0 aliphatic carbocycles. The minimum atomic E-state index is 0.320. The SMILES string of the molecule is COc1ccc(Nc2nccc(C#N)c2Cl)c(C)c1. The number of aryl methyl sites for hydroxylation is 1. The van der Waals surface area contributed by atoms with Crippen molar-refractivity contribution < 1.29 is 4.74 Å². The maximum atomic E-state index is 8.93. The van der Waals surface area contributed by atoms with E-state index in [2.05, 4.69) is 10.3 Å². The third-order valence-electron chi connectivity index (χ3n) is 2.70. The summed E-state index contributed by atoms with van der Waals surface area (Å²) in [6.45, 7) is 1.95. The molecule has 0 aliphatic heterocycles. The van der Waals surface area contributed by atoms with Crippen LogP contribution in [0.1, 0.15) is 11.1 Å². The molecule has 1 heterocycles. The number of pyridine rings is 1. The van der Waals surface area contributed by atoms with E-state index < -0.39 is 0 Å². The van der Waals surface area contributed by atoms with Crippen LogP contribution in [0.25, 0.3) is 0 Å². The van der Waals surface area contributed by atoms with Gasteiger partial charge in [0.2, 0.25) is 0 Å². The number of nitrogens with zero attached hydrogens (tertiary/aromatic N) is 2. The largest absolute Gasteiger partial charge is 0.497 e. The van der Waals surface area contributed by atoms with Crippen LogP contribution in [0.3, 0.4) is 0 Å². The Morgan fingerprint density at radius 3 is 2.79 bits per heavy atom. The maximum Gasteiger partial charge on any atom is 0.150 e. The third-order valence-corrected chi connectivity index (χ3v) is 3.08. The van der Waals surface area contributed by atoms with Gasteiger partial charge in [-0.2, -0.15) is 5.26 Å². The molecule has 0 amide bonds. The van der Waals surface area contributed by atoms with E-state index in [-0.39, 0.29) is 0 Å². The Labute approximate surface area is 116 Å². The van der Waals surface area contributed by atoms with Crippen LogP contribution >= 0.6 is 11.6 Å². The normalized spacial score (nSPS) is 9.79. The molecule has 2 aromatic rings.